The van der Waals surface area contributed by atoms with E-state index in [0.717, 1.165) is 29.7 Å². The van der Waals surface area contributed by atoms with Crippen molar-refractivity contribution in [2.75, 3.05) is 6.54 Å². The van der Waals surface area contributed by atoms with Crippen molar-refractivity contribution in [3.63, 3.8) is 0 Å². The molecule has 1 N–H and O–H groups in total. The molecule has 3 rings (SSSR count). The molecular weight excluding hydrogens is 336 g/mol. The molecule has 0 saturated heterocycles. The molecule has 27 heavy (non-hydrogen) atoms. The molecule has 0 atom stereocenters. The Hall–Kier alpha value is -2.49. The molecule has 0 spiro atoms. The topological polar surface area (TPSA) is 47.2 Å². The van der Waals surface area contributed by atoms with E-state index in [9.17, 15) is 4.79 Å². The van der Waals surface area contributed by atoms with Crippen LogP contribution in [0.4, 0.5) is 0 Å². The predicted molar refractivity (Wildman–Crippen MR) is 110 cm³/mol. The molecule has 4 heteroatoms. The van der Waals surface area contributed by atoms with Crippen molar-refractivity contribution in [3.05, 3.63) is 59.0 Å². The van der Waals surface area contributed by atoms with Crippen molar-refractivity contribution in [1.29, 1.82) is 0 Å². The van der Waals surface area contributed by atoms with Gasteiger partial charge in [-0.05, 0) is 29.9 Å². The van der Waals surface area contributed by atoms with Crippen LogP contribution in [-0.4, -0.2) is 17.0 Å². The van der Waals surface area contributed by atoms with Crippen LogP contribution in [0, 0.1) is 6.92 Å². The van der Waals surface area contributed by atoms with Crippen LogP contribution >= 0.6 is 0 Å². The Morgan fingerprint density at radius 2 is 1.85 bits per heavy atom. The van der Waals surface area contributed by atoms with E-state index in [1.54, 1.807) is 0 Å². The number of hydrogen-bond donors (Lipinski definition) is 1. The van der Waals surface area contributed by atoms with Crippen LogP contribution in [0.25, 0.3) is 11.1 Å². The van der Waals surface area contributed by atoms with E-state index >= 15 is 0 Å². The number of amides is 1. The molecule has 1 aromatic carbocycles. The third-order valence-corrected chi connectivity index (χ3v) is 4.92. The van der Waals surface area contributed by atoms with E-state index in [1.165, 1.54) is 11.1 Å². The Kier molecular flexibility index (Phi) is 5.45. The third-order valence-electron chi connectivity index (χ3n) is 4.92. The van der Waals surface area contributed by atoms with Crippen molar-refractivity contribution in [2.24, 2.45) is 0 Å². The highest BCUT2D eigenvalue weighted by Gasteiger charge is 2.19. The number of benzene rings is 1. The van der Waals surface area contributed by atoms with Gasteiger partial charge >= 0.3 is 0 Å². The maximum atomic E-state index is 12.7. The minimum absolute atomic E-state index is 0.0428. The largest absolute Gasteiger partial charge is 0.460 e. The van der Waals surface area contributed by atoms with Crippen LogP contribution in [-0.2, 0) is 12.0 Å². The molecule has 0 aliphatic carbocycles. The van der Waals surface area contributed by atoms with E-state index in [0.29, 0.717) is 18.8 Å². The number of aromatic nitrogens is 1. The van der Waals surface area contributed by atoms with Gasteiger partial charge in [0.2, 0.25) is 0 Å². The highest BCUT2D eigenvalue weighted by Crippen LogP contribution is 2.26. The normalized spacial score (nSPS) is 11.9. The highest BCUT2D eigenvalue weighted by molar-refractivity contribution is 5.97. The van der Waals surface area contributed by atoms with Gasteiger partial charge in [0.05, 0.1) is 5.52 Å². The number of nitrogens with zero attached hydrogens (tertiary/aromatic N) is 1. The smallest absolute Gasteiger partial charge is 0.268 e. The van der Waals surface area contributed by atoms with Crippen molar-refractivity contribution in [1.82, 2.24) is 9.88 Å². The molecule has 2 aromatic heterocycles. The van der Waals surface area contributed by atoms with Gasteiger partial charge in [0.1, 0.15) is 11.5 Å². The molecule has 1 amide bonds. The van der Waals surface area contributed by atoms with Crippen LogP contribution in [0.5, 0.6) is 0 Å². The van der Waals surface area contributed by atoms with Crippen LogP contribution < -0.4 is 5.32 Å². The zero-order chi connectivity index (χ0) is 19.6. The fraction of sp³-hybridized carbons (Fsp3) is 0.435. The Labute approximate surface area is 161 Å². The van der Waals surface area contributed by atoms with Gasteiger partial charge in [0.15, 0.2) is 5.58 Å². The zero-order valence-electron chi connectivity index (χ0n) is 17.1. The first-order valence-electron chi connectivity index (χ1n) is 9.77. The molecule has 4 nitrogen and oxygen atoms in total. The molecule has 0 aliphatic rings. The van der Waals surface area contributed by atoms with Crippen LogP contribution in [0.15, 0.2) is 40.8 Å². The fourth-order valence-corrected chi connectivity index (χ4v) is 3.29. The number of carbonyl (C=O) groups is 1. The van der Waals surface area contributed by atoms with Crippen LogP contribution in [0.3, 0.4) is 0 Å². The number of carbonyl (C=O) groups excluding carboxylic acids is 1. The van der Waals surface area contributed by atoms with Crippen LogP contribution in [0.1, 0.15) is 67.9 Å². The van der Waals surface area contributed by atoms with Gasteiger partial charge in [-0.3, -0.25) is 4.79 Å². The molecule has 0 fully saturated rings. The number of unbranched alkanes of at least 4 members (excludes halogenated alkanes) is 1. The second-order valence-electron chi connectivity index (χ2n) is 8.28. The summed E-state index contributed by atoms with van der Waals surface area (Å²) >= 11 is 0. The Morgan fingerprint density at radius 3 is 2.48 bits per heavy atom. The molecular formula is C23H30N2O2. The minimum Gasteiger partial charge on any atom is -0.460 e. The van der Waals surface area contributed by atoms with Crippen LogP contribution in [0.2, 0.25) is 0 Å². The first kappa shape index (κ1) is 19.3. The molecule has 3 aromatic rings. The van der Waals surface area contributed by atoms with Crippen molar-refractivity contribution in [3.8, 4) is 0 Å². The summed E-state index contributed by atoms with van der Waals surface area (Å²) < 4.78 is 7.82. The minimum atomic E-state index is -0.0428. The summed E-state index contributed by atoms with van der Waals surface area (Å²) in [7, 11) is 0. The second-order valence-corrected chi connectivity index (χ2v) is 8.28. The van der Waals surface area contributed by atoms with E-state index < -0.39 is 0 Å². The lowest BCUT2D eigenvalue weighted by Crippen LogP contribution is -2.27. The summed E-state index contributed by atoms with van der Waals surface area (Å²) in [5, 5.41) is 3.02. The summed E-state index contributed by atoms with van der Waals surface area (Å²) in [6.07, 6.45) is 2.04. The number of hydrogen-bond acceptors (Lipinski definition) is 2. The highest BCUT2D eigenvalue weighted by atomic mass is 16.3. The SMILES string of the molecule is CCCCNC(=O)c1cc2oc(C)cc2n1Cc1ccc(C(C)(C)C)cc1. The van der Waals surface area contributed by atoms with Crippen molar-refractivity contribution in [2.45, 2.75) is 59.4 Å². The summed E-state index contributed by atoms with van der Waals surface area (Å²) in [4.78, 5) is 12.7. The summed E-state index contributed by atoms with van der Waals surface area (Å²) in [5.41, 5.74) is 4.99. The van der Waals surface area contributed by atoms with E-state index in [-0.39, 0.29) is 11.3 Å². The predicted octanol–water partition coefficient (Wildman–Crippen LogP) is 5.42. The average Bonchev–Trinajstić information content (AvgIpc) is 3.12. The lowest BCUT2D eigenvalue weighted by Gasteiger charge is -2.19. The lowest BCUT2D eigenvalue weighted by molar-refractivity contribution is 0.0944. The third kappa shape index (κ3) is 4.26. The average molecular weight is 367 g/mol. The number of aryl methyl sites for hydroxylation is 1. The Morgan fingerprint density at radius 1 is 1.15 bits per heavy atom. The van der Waals surface area contributed by atoms with Gasteiger partial charge in [-0.25, -0.2) is 0 Å². The van der Waals surface area contributed by atoms with E-state index in [1.807, 2.05) is 19.1 Å². The molecule has 0 radical (unpaired) electrons. The first-order valence-corrected chi connectivity index (χ1v) is 9.77. The molecule has 0 unspecified atom stereocenters. The molecule has 0 bridgehead atoms. The monoisotopic (exact) mass is 366 g/mol. The van der Waals surface area contributed by atoms with Gasteiger partial charge < -0.3 is 14.3 Å². The maximum Gasteiger partial charge on any atom is 0.268 e. The standard InChI is InChI=1S/C23H30N2O2/c1-6-7-12-24-22(26)20-14-21-19(13-16(2)27-21)25(20)15-17-8-10-18(11-9-17)23(3,4)5/h8-11,13-14H,6-7,12,15H2,1-5H3,(H,24,26). The zero-order valence-corrected chi connectivity index (χ0v) is 17.1. The number of fused-ring (bicyclic) bond motifs is 1. The van der Waals surface area contributed by atoms with Gasteiger partial charge in [-0.2, -0.15) is 0 Å². The Bertz CT molecular complexity index is 924. The number of nitrogens with one attached hydrogen (secondary N) is 1. The maximum absolute atomic E-state index is 12.7. The Balaban J connectivity index is 1.91. The van der Waals surface area contributed by atoms with Gasteiger partial charge in [0.25, 0.3) is 5.91 Å². The molecule has 0 saturated carbocycles. The van der Waals surface area contributed by atoms with E-state index in [2.05, 4.69) is 61.8 Å². The van der Waals surface area contributed by atoms with E-state index in [4.69, 9.17) is 4.42 Å². The van der Waals surface area contributed by atoms with Gasteiger partial charge in [-0.1, -0.05) is 58.4 Å². The molecule has 144 valence electrons. The number of rotatable bonds is 6. The lowest BCUT2D eigenvalue weighted by atomic mass is 9.87. The van der Waals surface area contributed by atoms with Gasteiger partial charge in [-0.15, -0.1) is 0 Å². The first-order chi connectivity index (χ1) is 12.8. The fourth-order valence-electron chi connectivity index (χ4n) is 3.29. The molecule has 0 aliphatic heterocycles. The summed E-state index contributed by atoms with van der Waals surface area (Å²) in [6, 6.07) is 12.5. The quantitative estimate of drug-likeness (QED) is 0.592. The van der Waals surface area contributed by atoms with Gasteiger partial charge in [0, 0.05) is 25.2 Å². The summed E-state index contributed by atoms with van der Waals surface area (Å²) in [6.45, 7) is 12.0. The summed E-state index contributed by atoms with van der Waals surface area (Å²) in [5.74, 6) is 0.814. The second kappa shape index (κ2) is 7.63. The van der Waals surface area contributed by atoms with Crippen molar-refractivity contribution >= 4 is 17.0 Å². The van der Waals surface area contributed by atoms with Crippen molar-refractivity contribution < 1.29 is 9.21 Å². The molecule has 2 heterocycles. The number of furan rings is 1.